The molecule has 1 aromatic rings. The van der Waals surface area contributed by atoms with E-state index in [4.69, 9.17) is 9.84 Å². The molecule has 1 atom stereocenters. The molecule has 1 saturated heterocycles. The van der Waals surface area contributed by atoms with Crippen molar-refractivity contribution in [2.75, 3.05) is 19.8 Å². The molecule has 0 aliphatic carbocycles. The van der Waals surface area contributed by atoms with Gasteiger partial charge in [-0.2, -0.15) is 5.10 Å². The van der Waals surface area contributed by atoms with Crippen LogP contribution in [0, 0.1) is 19.8 Å². The predicted octanol–water partition coefficient (Wildman–Crippen LogP) is 2.60. The predicted molar refractivity (Wildman–Crippen MR) is 77.3 cm³/mol. The van der Waals surface area contributed by atoms with Crippen LogP contribution in [-0.4, -0.2) is 29.5 Å². The lowest BCUT2D eigenvalue weighted by Crippen LogP contribution is -2.23. The Balaban J connectivity index is 2.05. The number of nitrogens with zero attached hydrogens (tertiary/aromatic N) is 2. The molecular weight excluding hydrogens is 238 g/mol. The first-order chi connectivity index (χ1) is 9.09. The van der Waals surface area contributed by atoms with E-state index >= 15 is 0 Å². The van der Waals surface area contributed by atoms with Crippen LogP contribution in [0.15, 0.2) is 0 Å². The van der Waals surface area contributed by atoms with E-state index in [2.05, 4.69) is 37.7 Å². The van der Waals surface area contributed by atoms with Gasteiger partial charge in [0.2, 0.25) is 0 Å². The molecule has 4 nitrogen and oxygen atoms in total. The fraction of sp³-hybridized carbons (Fsp3) is 0.800. The van der Waals surface area contributed by atoms with Crippen LogP contribution in [0.1, 0.15) is 49.7 Å². The molecule has 1 aliphatic heterocycles. The summed E-state index contributed by atoms with van der Waals surface area (Å²) >= 11 is 0. The van der Waals surface area contributed by atoms with Gasteiger partial charge in [0.05, 0.1) is 18.3 Å². The zero-order chi connectivity index (χ0) is 13.8. The van der Waals surface area contributed by atoms with Crippen molar-refractivity contribution in [1.82, 2.24) is 15.1 Å². The van der Waals surface area contributed by atoms with Crippen molar-refractivity contribution < 1.29 is 4.74 Å². The highest BCUT2D eigenvalue weighted by atomic mass is 16.5. The first kappa shape index (κ1) is 14.5. The van der Waals surface area contributed by atoms with E-state index in [1.54, 1.807) is 0 Å². The van der Waals surface area contributed by atoms with Gasteiger partial charge in [0.15, 0.2) is 0 Å². The largest absolute Gasteiger partial charge is 0.379 e. The molecule has 1 aromatic heterocycles. The second-order valence-corrected chi connectivity index (χ2v) is 5.99. The Kier molecular flexibility index (Phi) is 4.99. The van der Waals surface area contributed by atoms with Crippen LogP contribution >= 0.6 is 0 Å². The zero-order valence-electron chi connectivity index (χ0n) is 12.7. The van der Waals surface area contributed by atoms with E-state index in [0.29, 0.717) is 12.0 Å². The molecule has 4 heteroatoms. The van der Waals surface area contributed by atoms with Crippen LogP contribution in [0.3, 0.4) is 0 Å². The average Bonchev–Trinajstić information content (AvgIpc) is 2.67. The monoisotopic (exact) mass is 265 g/mol. The van der Waals surface area contributed by atoms with Crippen molar-refractivity contribution in [2.45, 2.75) is 53.1 Å². The van der Waals surface area contributed by atoms with Crippen molar-refractivity contribution in [3.05, 3.63) is 17.0 Å². The molecule has 108 valence electrons. The summed E-state index contributed by atoms with van der Waals surface area (Å²) in [7, 11) is 0. The summed E-state index contributed by atoms with van der Waals surface area (Å²) in [6.45, 7) is 12.4. The van der Waals surface area contributed by atoms with Crippen molar-refractivity contribution in [3.63, 3.8) is 0 Å². The second-order valence-electron chi connectivity index (χ2n) is 5.99. The van der Waals surface area contributed by atoms with Crippen molar-refractivity contribution >= 4 is 0 Å². The normalized spacial score (nSPS) is 20.2. The van der Waals surface area contributed by atoms with E-state index in [1.165, 1.54) is 17.7 Å². The first-order valence-corrected chi connectivity index (χ1v) is 7.42. The van der Waals surface area contributed by atoms with Gasteiger partial charge in [-0.1, -0.05) is 13.8 Å². The Morgan fingerprint density at radius 2 is 2.21 bits per heavy atom. The van der Waals surface area contributed by atoms with E-state index in [1.807, 2.05) is 0 Å². The van der Waals surface area contributed by atoms with Gasteiger partial charge in [-0.25, -0.2) is 0 Å². The minimum absolute atomic E-state index is 0.422. The number of aromatic nitrogens is 2. The highest BCUT2D eigenvalue weighted by molar-refractivity contribution is 5.24. The highest BCUT2D eigenvalue weighted by Crippen LogP contribution is 2.23. The maximum Gasteiger partial charge on any atom is 0.0756 e. The molecule has 1 N–H and O–H groups in total. The van der Waals surface area contributed by atoms with Gasteiger partial charge in [0.1, 0.15) is 0 Å². The van der Waals surface area contributed by atoms with Crippen molar-refractivity contribution in [1.29, 1.82) is 0 Å². The van der Waals surface area contributed by atoms with E-state index in [0.717, 1.165) is 38.4 Å². The molecule has 1 aliphatic rings. The summed E-state index contributed by atoms with van der Waals surface area (Å²) in [5.74, 6) is 0.683. The summed E-state index contributed by atoms with van der Waals surface area (Å²) < 4.78 is 7.76. The van der Waals surface area contributed by atoms with E-state index in [-0.39, 0.29) is 0 Å². The Labute approximate surface area is 116 Å². The van der Waals surface area contributed by atoms with Gasteiger partial charge in [0, 0.05) is 24.4 Å². The first-order valence-electron chi connectivity index (χ1n) is 7.42. The molecule has 0 radical (unpaired) electrons. The topological polar surface area (TPSA) is 39.1 Å². The van der Waals surface area contributed by atoms with Crippen LogP contribution < -0.4 is 5.32 Å². The standard InChI is InChI=1S/C15H27N3O/c1-11(2)8-16-9-15-12(3)17-18(13(15)4)14-6-5-7-19-10-14/h11,14,16H,5-10H2,1-4H3. The summed E-state index contributed by atoms with van der Waals surface area (Å²) in [6.07, 6.45) is 2.32. The second kappa shape index (κ2) is 6.53. The molecule has 0 bridgehead atoms. The Morgan fingerprint density at radius 3 is 2.84 bits per heavy atom. The van der Waals surface area contributed by atoms with Crippen LogP contribution in [0.5, 0.6) is 0 Å². The maximum absolute atomic E-state index is 5.58. The number of hydrogen-bond donors (Lipinski definition) is 1. The molecule has 19 heavy (non-hydrogen) atoms. The molecule has 0 saturated carbocycles. The fourth-order valence-corrected chi connectivity index (χ4v) is 2.71. The van der Waals surface area contributed by atoms with Crippen LogP contribution in [0.4, 0.5) is 0 Å². The molecule has 1 fully saturated rings. The molecular formula is C15H27N3O. The van der Waals surface area contributed by atoms with Gasteiger partial charge >= 0.3 is 0 Å². The Bertz CT molecular complexity index is 406. The quantitative estimate of drug-likeness (QED) is 0.889. The third-order valence-electron chi connectivity index (χ3n) is 3.81. The van der Waals surface area contributed by atoms with Gasteiger partial charge in [0.25, 0.3) is 0 Å². The van der Waals surface area contributed by atoms with Crippen molar-refractivity contribution in [2.24, 2.45) is 5.92 Å². The number of hydrogen-bond acceptors (Lipinski definition) is 3. The Hall–Kier alpha value is -0.870. The summed E-state index contributed by atoms with van der Waals surface area (Å²) in [5, 5.41) is 8.24. The molecule has 0 amide bonds. The SMILES string of the molecule is Cc1nn(C2CCCOC2)c(C)c1CNCC(C)C. The van der Waals surface area contributed by atoms with Crippen LogP contribution in [0.2, 0.25) is 0 Å². The zero-order valence-corrected chi connectivity index (χ0v) is 12.7. The smallest absolute Gasteiger partial charge is 0.0756 e. The molecule has 1 unspecified atom stereocenters. The van der Waals surface area contributed by atoms with Crippen LogP contribution in [0.25, 0.3) is 0 Å². The van der Waals surface area contributed by atoms with Crippen LogP contribution in [-0.2, 0) is 11.3 Å². The summed E-state index contributed by atoms with van der Waals surface area (Å²) in [4.78, 5) is 0. The highest BCUT2D eigenvalue weighted by Gasteiger charge is 2.21. The lowest BCUT2D eigenvalue weighted by Gasteiger charge is -2.23. The minimum Gasteiger partial charge on any atom is -0.379 e. The summed E-state index contributed by atoms with van der Waals surface area (Å²) in [5.41, 5.74) is 3.80. The Morgan fingerprint density at radius 1 is 1.42 bits per heavy atom. The number of ether oxygens (including phenoxy) is 1. The maximum atomic E-state index is 5.58. The molecule has 0 spiro atoms. The average molecular weight is 265 g/mol. The van der Waals surface area contributed by atoms with Gasteiger partial charge < -0.3 is 10.1 Å². The summed E-state index contributed by atoms with van der Waals surface area (Å²) in [6, 6.07) is 0.422. The lowest BCUT2D eigenvalue weighted by atomic mass is 10.1. The number of aryl methyl sites for hydroxylation is 1. The van der Waals surface area contributed by atoms with E-state index < -0.39 is 0 Å². The minimum atomic E-state index is 0.422. The number of rotatable bonds is 5. The fourth-order valence-electron chi connectivity index (χ4n) is 2.71. The number of nitrogens with one attached hydrogen (secondary N) is 1. The molecule has 0 aromatic carbocycles. The van der Waals surface area contributed by atoms with Crippen molar-refractivity contribution in [3.8, 4) is 0 Å². The third kappa shape index (κ3) is 3.57. The third-order valence-corrected chi connectivity index (χ3v) is 3.81. The van der Waals surface area contributed by atoms with Gasteiger partial charge in [-0.3, -0.25) is 4.68 Å². The molecule has 2 heterocycles. The van der Waals surface area contributed by atoms with Gasteiger partial charge in [-0.05, 0) is 39.2 Å². The molecule has 2 rings (SSSR count). The lowest BCUT2D eigenvalue weighted by molar-refractivity contribution is 0.0541. The van der Waals surface area contributed by atoms with E-state index in [9.17, 15) is 0 Å². The van der Waals surface area contributed by atoms with Gasteiger partial charge in [-0.15, -0.1) is 0 Å².